The van der Waals surface area contributed by atoms with E-state index in [2.05, 4.69) is 32.7 Å². The predicted molar refractivity (Wildman–Crippen MR) is 66.1 cm³/mol. The zero-order valence-electron chi connectivity index (χ0n) is 11.0. The number of nitrogens with zero attached hydrogens (tertiary/aromatic N) is 1. The molecule has 3 heteroatoms. The van der Waals surface area contributed by atoms with E-state index >= 15 is 0 Å². The summed E-state index contributed by atoms with van der Waals surface area (Å²) in [7, 11) is 3.89. The van der Waals surface area contributed by atoms with Gasteiger partial charge in [0.1, 0.15) is 0 Å². The van der Waals surface area contributed by atoms with Gasteiger partial charge < -0.3 is 10.5 Å². The highest BCUT2D eigenvalue weighted by Crippen LogP contribution is 2.13. The van der Waals surface area contributed by atoms with Crippen molar-refractivity contribution in [1.82, 2.24) is 4.90 Å². The fourth-order valence-corrected chi connectivity index (χ4v) is 2.10. The van der Waals surface area contributed by atoms with Crippen LogP contribution >= 0.6 is 0 Å². The molecule has 0 fully saturated rings. The Hall–Kier alpha value is -0.120. The quantitative estimate of drug-likeness (QED) is 0.673. The van der Waals surface area contributed by atoms with Crippen LogP contribution in [0, 0.1) is 0 Å². The number of likely N-dealkylation sites (N-methyl/N-ethyl adjacent to an activating group) is 1. The molecule has 0 radical (unpaired) electrons. The molecule has 0 aliphatic rings. The van der Waals surface area contributed by atoms with E-state index in [0.29, 0.717) is 12.1 Å². The molecule has 0 aromatic rings. The van der Waals surface area contributed by atoms with Crippen LogP contribution < -0.4 is 5.73 Å². The number of nitrogens with two attached hydrogens (primary N) is 1. The van der Waals surface area contributed by atoms with Crippen LogP contribution in [0.15, 0.2) is 0 Å². The Morgan fingerprint density at radius 2 is 1.93 bits per heavy atom. The molecule has 3 atom stereocenters. The molecule has 2 N–H and O–H groups in total. The zero-order valence-corrected chi connectivity index (χ0v) is 11.0. The monoisotopic (exact) mass is 216 g/mol. The zero-order chi connectivity index (χ0) is 11.8. The maximum atomic E-state index is 6.19. The number of hydrogen-bond donors (Lipinski definition) is 1. The Bertz CT molecular complexity index is 153. The van der Waals surface area contributed by atoms with Crippen LogP contribution in [0.25, 0.3) is 0 Å². The molecular formula is C12H28N2O. The van der Waals surface area contributed by atoms with Crippen LogP contribution in [0.2, 0.25) is 0 Å². The van der Waals surface area contributed by atoms with E-state index in [-0.39, 0.29) is 6.04 Å². The topological polar surface area (TPSA) is 38.5 Å². The highest BCUT2D eigenvalue weighted by Gasteiger charge is 2.23. The molecule has 0 aromatic carbocycles. The molecule has 0 amide bonds. The Balaban J connectivity index is 4.24. The first-order chi connectivity index (χ1) is 7.08. The molecule has 0 aromatic heterocycles. The van der Waals surface area contributed by atoms with Gasteiger partial charge in [-0.3, -0.25) is 4.90 Å². The number of ether oxygens (including phenoxy) is 1. The second kappa shape index (κ2) is 8.08. The second-order valence-electron chi connectivity index (χ2n) is 4.40. The van der Waals surface area contributed by atoms with E-state index in [1.54, 1.807) is 7.11 Å². The summed E-state index contributed by atoms with van der Waals surface area (Å²) >= 11 is 0. The average Bonchev–Trinajstić information content (AvgIpc) is 2.19. The van der Waals surface area contributed by atoms with Crippen molar-refractivity contribution < 1.29 is 4.74 Å². The van der Waals surface area contributed by atoms with Crippen LogP contribution in [0.1, 0.15) is 40.0 Å². The van der Waals surface area contributed by atoms with E-state index in [4.69, 9.17) is 10.5 Å². The van der Waals surface area contributed by atoms with Crippen molar-refractivity contribution in [2.24, 2.45) is 5.73 Å². The molecule has 0 heterocycles. The number of methoxy groups -OCH3 is 1. The van der Waals surface area contributed by atoms with E-state index in [0.717, 1.165) is 25.9 Å². The van der Waals surface area contributed by atoms with Gasteiger partial charge in [-0.15, -0.1) is 0 Å². The predicted octanol–water partition coefficient (Wildman–Crippen LogP) is 1.86. The molecule has 0 aliphatic heterocycles. The van der Waals surface area contributed by atoms with E-state index in [9.17, 15) is 0 Å². The van der Waals surface area contributed by atoms with Gasteiger partial charge in [-0.25, -0.2) is 0 Å². The maximum absolute atomic E-state index is 6.19. The lowest BCUT2D eigenvalue weighted by molar-refractivity contribution is 0.0774. The highest BCUT2D eigenvalue weighted by atomic mass is 16.5. The second-order valence-corrected chi connectivity index (χ2v) is 4.40. The molecule has 0 saturated carbocycles. The molecule has 0 rings (SSSR count). The van der Waals surface area contributed by atoms with Crippen molar-refractivity contribution in [2.45, 2.75) is 58.2 Å². The molecule has 15 heavy (non-hydrogen) atoms. The molecule has 3 unspecified atom stereocenters. The summed E-state index contributed by atoms with van der Waals surface area (Å²) in [5.74, 6) is 0. The standard InChI is InChI=1S/C12H28N2O/c1-6-8-11(13)12(7-2)14(4)10(3)9-15-5/h10-12H,6-9,13H2,1-5H3. The van der Waals surface area contributed by atoms with Gasteiger partial charge in [0.25, 0.3) is 0 Å². The summed E-state index contributed by atoms with van der Waals surface area (Å²) in [6, 6.07) is 1.18. The normalized spacial score (nSPS) is 17.8. The third-order valence-electron chi connectivity index (χ3n) is 3.16. The van der Waals surface area contributed by atoms with Gasteiger partial charge in [-0.05, 0) is 26.8 Å². The number of hydrogen-bond acceptors (Lipinski definition) is 3. The van der Waals surface area contributed by atoms with Gasteiger partial charge in [0.15, 0.2) is 0 Å². The first-order valence-electron chi connectivity index (χ1n) is 6.04. The smallest absolute Gasteiger partial charge is 0.0615 e. The van der Waals surface area contributed by atoms with Gasteiger partial charge in [0.2, 0.25) is 0 Å². The fourth-order valence-electron chi connectivity index (χ4n) is 2.10. The largest absolute Gasteiger partial charge is 0.383 e. The first kappa shape index (κ1) is 14.9. The Morgan fingerprint density at radius 3 is 2.33 bits per heavy atom. The molecule has 0 saturated heterocycles. The molecule has 0 aliphatic carbocycles. The van der Waals surface area contributed by atoms with Crippen LogP contribution in [0.3, 0.4) is 0 Å². The Labute approximate surface area is 95.0 Å². The van der Waals surface area contributed by atoms with Gasteiger partial charge in [-0.1, -0.05) is 20.3 Å². The Kier molecular flexibility index (Phi) is 8.02. The first-order valence-corrected chi connectivity index (χ1v) is 6.04. The maximum Gasteiger partial charge on any atom is 0.0615 e. The van der Waals surface area contributed by atoms with E-state index in [1.165, 1.54) is 0 Å². The lowest BCUT2D eigenvalue weighted by Gasteiger charge is -2.36. The van der Waals surface area contributed by atoms with Gasteiger partial charge >= 0.3 is 0 Å². The summed E-state index contributed by atoms with van der Waals surface area (Å²) in [5.41, 5.74) is 6.19. The summed E-state index contributed by atoms with van der Waals surface area (Å²) in [6.07, 6.45) is 3.36. The Morgan fingerprint density at radius 1 is 1.33 bits per heavy atom. The van der Waals surface area contributed by atoms with Gasteiger partial charge in [0.05, 0.1) is 6.61 Å². The third-order valence-corrected chi connectivity index (χ3v) is 3.16. The minimum absolute atomic E-state index is 0.282. The van der Waals surface area contributed by atoms with Gasteiger partial charge in [0, 0.05) is 25.2 Å². The van der Waals surface area contributed by atoms with Crippen LogP contribution in [-0.2, 0) is 4.74 Å². The molecule has 0 bridgehead atoms. The fraction of sp³-hybridized carbons (Fsp3) is 1.00. The summed E-state index contributed by atoms with van der Waals surface area (Å²) in [5, 5.41) is 0. The molecular weight excluding hydrogens is 188 g/mol. The van der Waals surface area contributed by atoms with Crippen LogP contribution in [0.4, 0.5) is 0 Å². The number of rotatable bonds is 8. The van der Waals surface area contributed by atoms with E-state index < -0.39 is 0 Å². The summed E-state index contributed by atoms with van der Waals surface area (Å²) < 4.78 is 5.18. The van der Waals surface area contributed by atoms with Gasteiger partial charge in [-0.2, -0.15) is 0 Å². The lowest BCUT2D eigenvalue weighted by Crippen LogP contribution is -2.50. The van der Waals surface area contributed by atoms with Crippen molar-refractivity contribution in [3.8, 4) is 0 Å². The molecule has 0 spiro atoms. The lowest BCUT2D eigenvalue weighted by atomic mass is 9.99. The SMILES string of the molecule is CCCC(N)C(CC)N(C)C(C)COC. The van der Waals surface area contributed by atoms with Crippen LogP contribution in [0.5, 0.6) is 0 Å². The minimum atomic E-state index is 0.282. The third kappa shape index (κ3) is 4.96. The highest BCUT2D eigenvalue weighted by molar-refractivity contribution is 4.81. The van der Waals surface area contributed by atoms with Crippen molar-refractivity contribution in [3.63, 3.8) is 0 Å². The summed E-state index contributed by atoms with van der Waals surface area (Å²) in [6.45, 7) is 7.35. The van der Waals surface area contributed by atoms with Crippen LogP contribution in [-0.4, -0.2) is 43.8 Å². The van der Waals surface area contributed by atoms with Crippen molar-refractivity contribution in [1.29, 1.82) is 0 Å². The van der Waals surface area contributed by atoms with Crippen molar-refractivity contribution in [3.05, 3.63) is 0 Å². The molecule has 3 nitrogen and oxygen atoms in total. The van der Waals surface area contributed by atoms with Crippen molar-refractivity contribution >= 4 is 0 Å². The minimum Gasteiger partial charge on any atom is -0.383 e. The molecule has 92 valence electrons. The van der Waals surface area contributed by atoms with Crippen molar-refractivity contribution in [2.75, 3.05) is 20.8 Å². The summed E-state index contributed by atoms with van der Waals surface area (Å²) in [4.78, 5) is 2.35. The van der Waals surface area contributed by atoms with E-state index in [1.807, 2.05) is 0 Å². The average molecular weight is 216 g/mol.